The maximum Gasteiger partial charge on any atom is 0.416 e. The van der Waals surface area contributed by atoms with Gasteiger partial charge in [0.15, 0.2) is 0 Å². The molecule has 0 unspecified atom stereocenters. The molecule has 1 aromatic carbocycles. The molecule has 12 heteroatoms. The van der Waals surface area contributed by atoms with Gasteiger partial charge in [-0.2, -0.15) is 23.0 Å². The van der Waals surface area contributed by atoms with Crippen LogP contribution in [0.2, 0.25) is 5.15 Å². The van der Waals surface area contributed by atoms with Crippen molar-refractivity contribution < 1.29 is 18.0 Å². The fourth-order valence-electron chi connectivity index (χ4n) is 2.67. The van der Waals surface area contributed by atoms with E-state index in [1.807, 2.05) is 4.98 Å². The van der Waals surface area contributed by atoms with Crippen molar-refractivity contribution in [2.24, 2.45) is 0 Å². The molecule has 2 N–H and O–H groups in total. The van der Waals surface area contributed by atoms with Gasteiger partial charge in [0.1, 0.15) is 11.3 Å². The van der Waals surface area contributed by atoms with E-state index < -0.39 is 28.9 Å². The zero-order valence-corrected chi connectivity index (χ0v) is 15.8. The highest BCUT2D eigenvalue weighted by Crippen LogP contribution is 2.31. The van der Waals surface area contributed by atoms with E-state index in [0.717, 1.165) is 16.9 Å². The summed E-state index contributed by atoms with van der Waals surface area (Å²) in [5.74, 6) is -0.698. The van der Waals surface area contributed by atoms with Gasteiger partial charge in [-0.1, -0.05) is 29.8 Å². The summed E-state index contributed by atoms with van der Waals surface area (Å²) in [7, 11) is 0. The first-order valence-corrected chi connectivity index (χ1v) is 8.82. The predicted octanol–water partition coefficient (Wildman–Crippen LogP) is 1.96. The molecule has 2 heterocycles. The lowest BCUT2D eigenvalue weighted by molar-refractivity contribution is -0.138. The molecule has 8 nitrogen and oxygen atoms in total. The summed E-state index contributed by atoms with van der Waals surface area (Å²) in [5.41, 5.74) is -2.33. The van der Waals surface area contributed by atoms with Crippen LogP contribution in [0.3, 0.4) is 0 Å². The minimum atomic E-state index is -4.50. The van der Waals surface area contributed by atoms with E-state index >= 15 is 0 Å². The van der Waals surface area contributed by atoms with Crippen LogP contribution in [0.15, 0.2) is 52.3 Å². The van der Waals surface area contributed by atoms with Crippen LogP contribution in [-0.4, -0.2) is 32.2 Å². The number of nitrogens with zero attached hydrogens (tertiary/aromatic N) is 3. The number of rotatable bonds is 5. The Kier molecular flexibility index (Phi) is 6.01. The van der Waals surface area contributed by atoms with Crippen molar-refractivity contribution in [1.82, 2.24) is 25.1 Å². The summed E-state index contributed by atoms with van der Waals surface area (Å²) in [5, 5.41) is 5.95. The quantitative estimate of drug-likeness (QED) is 0.591. The first-order chi connectivity index (χ1) is 14.2. The third-order valence-electron chi connectivity index (χ3n) is 4.03. The van der Waals surface area contributed by atoms with Gasteiger partial charge in [0.05, 0.1) is 23.0 Å². The van der Waals surface area contributed by atoms with Crippen LogP contribution in [0, 0.1) is 0 Å². The summed E-state index contributed by atoms with van der Waals surface area (Å²) in [6, 6.07) is 6.29. The summed E-state index contributed by atoms with van der Waals surface area (Å²) in [6.07, 6.45) is -2.52. The number of hydrogen-bond donors (Lipinski definition) is 2. The molecule has 0 radical (unpaired) electrons. The van der Waals surface area contributed by atoms with Gasteiger partial charge in [0.2, 0.25) is 0 Å². The van der Waals surface area contributed by atoms with Crippen LogP contribution in [0.5, 0.6) is 0 Å². The van der Waals surface area contributed by atoms with Gasteiger partial charge in [-0.25, -0.2) is 9.78 Å². The molecule has 0 atom stereocenters. The van der Waals surface area contributed by atoms with E-state index in [4.69, 9.17) is 11.6 Å². The number of pyridine rings is 1. The number of nitrogens with one attached hydrogen (secondary N) is 2. The van der Waals surface area contributed by atoms with Gasteiger partial charge in [-0.05, 0) is 24.1 Å². The molecule has 156 valence electrons. The third-order valence-corrected chi connectivity index (χ3v) is 4.33. The first-order valence-electron chi connectivity index (χ1n) is 8.44. The summed E-state index contributed by atoms with van der Waals surface area (Å²) in [4.78, 5) is 41.2. The Bertz CT molecular complexity index is 1210. The van der Waals surface area contributed by atoms with E-state index in [0.29, 0.717) is 0 Å². The molecule has 0 saturated carbocycles. The van der Waals surface area contributed by atoms with Gasteiger partial charge < -0.3 is 5.32 Å². The van der Waals surface area contributed by atoms with Crippen LogP contribution in [0.25, 0.3) is 5.69 Å². The van der Waals surface area contributed by atoms with Crippen molar-refractivity contribution >= 4 is 17.5 Å². The predicted molar refractivity (Wildman–Crippen MR) is 101 cm³/mol. The van der Waals surface area contributed by atoms with E-state index in [1.165, 1.54) is 30.5 Å². The van der Waals surface area contributed by atoms with E-state index in [1.54, 1.807) is 0 Å². The Morgan fingerprint density at radius 1 is 1.20 bits per heavy atom. The van der Waals surface area contributed by atoms with Gasteiger partial charge in [0.25, 0.3) is 11.5 Å². The molecular weight excluding hydrogens is 427 g/mol. The summed E-state index contributed by atoms with van der Waals surface area (Å²) < 4.78 is 39.9. The van der Waals surface area contributed by atoms with E-state index in [9.17, 15) is 27.6 Å². The molecule has 1 amide bonds. The second kappa shape index (κ2) is 8.49. The van der Waals surface area contributed by atoms with Crippen molar-refractivity contribution in [3.05, 3.63) is 85.4 Å². The Labute approximate surface area is 171 Å². The molecule has 0 bridgehead atoms. The third kappa shape index (κ3) is 4.74. The van der Waals surface area contributed by atoms with Crippen LogP contribution in [-0.2, 0) is 12.6 Å². The monoisotopic (exact) mass is 439 g/mol. The normalized spacial score (nSPS) is 11.3. The Balaban J connectivity index is 1.77. The Hall–Kier alpha value is -3.47. The maximum absolute atomic E-state index is 13.0. The highest BCUT2D eigenvalue weighted by molar-refractivity contribution is 6.32. The molecule has 3 rings (SSSR count). The van der Waals surface area contributed by atoms with Crippen LogP contribution in [0.1, 0.15) is 21.5 Å². The average molecular weight is 440 g/mol. The van der Waals surface area contributed by atoms with Crippen molar-refractivity contribution in [2.45, 2.75) is 12.6 Å². The highest BCUT2D eigenvalue weighted by atomic mass is 35.5. The largest absolute Gasteiger partial charge is 0.416 e. The molecule has 0 spiro atoms. The number of aromatic amines is 1. The first kappa shape index (κ1) is 21.2. The van der Waals surface area contributed by atoms with E-state index in [2.05, 4.69) is 15.4 Å². The van der Waals surface area contributed by atoms with E-state index in [-0.39, 0.29) is 34.9 Å². The smallest absolute Gasteiger partial charge is 0.352 e. The number of H-pyrrole nitrogens is 1. The number of hydrogen-bond acceptors (Lipinski definition) is 5. The lowest BCUT2D eigenvalue weighted by Crippen LogP contribution is -2.31. The number of alkyl halides is 3. The number of aromatic nitrogens is 4. The molecule has 30 heavy (non-hydrogen) atoms. The lowest BCUT2D eigenvalue weighted by Gasteiger charge is -2.13. The standard InChI is InChI=1S/C18H13ClF3N5O3/c19-15-12(7-11(8-24-15)27-17(30)26-14(28)9-25-27)16(29)23-6-5-10-3-1-2-4-13(10)18(20,21)22/h1-4,7-9H,5-6H2,(H,23,29)(H,26,28,30). The summed E-state index contributed by atoms with van der Waals surface area (Å²) >= 11 is 5.94. The lowest BCUT2D eigenvalue weighted by atomic mass is 10.0. The fourth-order valence-corrected chi connectivity index (χ4v) is 2.86. The number of carbonyl (C=O) groups excluding carboxylic acids is 1. The van der Waals surface area contributed by atoms with Gasteiger partial charge in [-0.3, -0.25) is 14.6 Å². The minimum absolute atomic E-state index is 0.0345. The maximum atomic E-state index is 13.0. The second-order valence-electron chi connectivity index (χ2n) is 6.04. The molecule has 2 aromatic heterocycles. The molecule has 3 aromatic rings. The molecule has 0 saturated heterocycles. The number of amides is 1. The van der Waals surface area contributed by atoms with Crippen molar-refractivity contribution in [2.75, 3.05) is 6.54 Å². The zero-order valence-electron chi connectivity index (χ0n) is 15.0. The highest BCUT2D eigenvalue weighted by Gasteiger charge is 2.32. The number of benzene rings is 1. The van der Waals surface area contributed by atoms with Crippen molar-refractivity contribution in [1.29, 1.82) is 0 Å². The minimum Gasteiger partial charge on any atom is -0.352 e. The number of halogens is 4. The zero-order chi connectivity index (χ0) is 21.9. The Morgan fingerprint density at radius 3 is 2.63 bits per heavy atom. The van der Waals surface area contributed by atoms with Crippen LogP contribution >= 0.6 is 11.6 Å². The van der Waals surface area contributed by atoms with Crippen LogP contribution in [0.4, 0.5) is 13.2 Å². The van der Waals surface area contributed by atoms with Gasteiger partial charge >= 0.3 is 11.9 Å². The van der Waals surface area contributed by atoms with Gasteiger partial charge in [0, 0.05) is 6.54 Å². The summed E-state index contributed by atoms with van der Waals surface area (Å²) in [6.45, 7) is -0.0939. The molecule has 0 aliphatic rings. The Morgan fingerprint density at radius 2 is 1.93 bits per heavy atom. The van der Waals surface area contributed by atoms with Crippen LogP contribution < -0.4 is 16.6 Å². The molecular formula is C18H13ClF3N5O3. The average Bonchev–Trinajstić information content (AvgIpc) is 2.68. The molecule has 0 aliphatic heterocycles. The SMILES string of the molecule is O=C(NCCc1ccccc1C(F)(F)F)c1cc(-n2ncc(=O)[nH]c2=O)cnc1Cl. The topological polar surface area (TPSA) is 110 Å². The molecule has 0 fully saturated rings. The van der Waals surface area contributed by atoms with Crippen molar-refractivity contribution in [3.8, 4) is 5.69 Å². The van der Waals surface area contributed by atoms with Crippen molar-refractivity contribution in [3.63, 3.8) is 0 Å². The fraction of sp³-hybridized carbons (Fsp3) is 0.167. The molecule has 0 aliphatic carbocycles. The van der Waals surface area contributed by atoms with Gasteiger partial charge in [-0.15, -0.1) is 0 Å². The number of carbonyl (C=O) groups is 1. The second-order valence-corrected chi connectivity index (χ2v) is 6.40.